The van der Waals surface area contributed by atoms with Crippen LogP contribution in [0.3, 0.4) is 0 Å². The molecule has 0 atom stereocenters. The van der Waals surface area contributed by atoms with Crippen LogP contribution in [0.5, 0.6) is 0 Å². The second-order valence-corrected chi connectivity index (χ2v) is 15.5. The van der Waals surface area contributed by atoms with Crippen LogP contribution in [0.15, 0.2) is 182 Å². The van der Waals surface area contributed by atoms with Crippen LogP contribution >= 0.6 is 11.3 Å². The molecule has 0 radical (unpaired) electrons. The molecule has 9 aromatic carbocycles. The zero-order valence-corrected chi connectivity index (χ0v) is 30.8. The summed E-state index contributed by atoms with van der Waals surface area (Å²) in [7, 11) is 0. The van der Waals surface area contributed by atoms with Crippen molar-refractivity contribution in [3.63, 3.8) is 0 Å². The lowest BCUT2D eigenvalue weighted by molar-refractivity contribution is 1.08. The van der Waals surface area contributed by atoms with E-state index in [1.54, 1.807) is 0 Å². The highest BCUT2D eigenvalue weighted by Crippen LogP contribution is 2.45. The number of thiophene rings is 1. The van der Waals surface area contributed by atoms with Gasteiger partial charge in [-0.25, -0.2) is 15.0 Å². The first-order chi connectivity index (χ1) is 27.7. The maximum atomic E-state index is 5.20. The largest absolute Gasteiger partial charge is 0.309 e. The molecule has 260 valence electrons. The molecule has 0 unspecified atom stereocenters. The van der Waals surface area contributed by atoms with Gasteiger partial charge in [-0.3, -0.25) is 0 Å². The van der Waals surface area contributed by atoms with Gasteiger partial charge in [0.2, 0.25) is 0 Å². The fourth-order valence-corrected chi connectivity index (χ4v) is 9.81. The Hall–Kier alpha value is -7.21. The van der Waals surface area contributed by atoms with E-state index < -0.39 is 0 Å². The highest BCUT2D eigenvalue weighted by molar-refractivity contribution is 7.26. The lowest BCUT2D eigenvalue weighted by Gasteiger charge is -2.11. The Morgan fingerprint density at radius 2 is 0.875 bits per heavy atom. The van der Waals surface area contributed by atoms with Gasteiger partial charge in [-0.15, -0.1) is 11.3 Å². The summed E-state index contributed by atoms with van der Waals surface area (Å²) >= 11 is 1.84. The van der Waals surface area contributed by atoms with Gasteiger partial charge in [0.1, 0.15) is 0 Å². The molecule has 0 amide bonds. The zero-order valence-electron chi connectivity index (χ0n) is 30.0. The second kappa shape index (κ2) is 12.2. The van der Waals surface area contributed by atoms with Gasteiger partial charge in [-0.2, -0.15) is 0 Å². The summed E-state index contributed by atoms with van der Waals surface area (Å²) in [5.74, 6) is 1.98. The van der Waals surface area contributed by atoms with Gasteiger partial charge in [0.15, 0.2) is 17.5 Å². The molecule has 0 aliphatic heterocycles. The predicted molar refractivity (Wildman–Crippen MR) is 236 cm³/mol. The fraction of sp³-hybridized carbons (Fsp3) is 0. The van der Waals surface area contributed by atoms with Gasteiger partial charge in [0.25, 0.3) is 0 Å². The summed E-state index contributed by atoms with van der Waals surface area (Å²) in [6.07, 6.45) is 0. The Bertz CT molecular complexity index is 3380. The van der Waals surface area contributed by atoms with Crippen LogP contribution in [0.2, 0.25) is 0 Å². The zero-order chi connectivity index (χ0) is 36.7. The van der Waals surface area contributed by atoms with Crippen molar-refractivity contribution in [1.82, 2.24) is 19.5 Å². The lowest BCUT2D eigenvalue weighted by Crippen LogP contribution is -2.00. The Balaban J connectivity index is 1.14. The number of nitrogens with zero attached hydrogens (tertiary/aromatic N) is 4. The number of hydrogen-bond donors (Lipinski definition) is 0. The standard InChI is InChI=1S/C51H30N4S/c1-3-13-31(14-4-1)49-52-50(32-15-5-2-6-16-32)54-51(53-49)43-27-37-21-11-12-22-39(37)48-47(43)40-24-23-38(30-46(40)56-48)55-44-28-35-19-9-7-17-33(35)25-41(44)42-26-34-18-8-10-20-36(34)29-45(42)55/h1-30H. The molecular formula is C51H30N4S. The summed E-state index contributed by atoms with van der Waals surface area (Å²) in [5, 5.41) is 12.2. The summed E-state index contributed by atoms with van der Waals surface area (Å²) in [5.41, 5.74) is 6.46. The van der Waals surface area contributed by atoms with E-state index in [-0.39, 0.29) is 0 Å². The van der Waals surface area contributed by atoms with E-state index in [1.165, 1.54) is 68.9 Å². The van der Waals surface area contributed by atoms with Gasteiger partial charge in [0, 0.05) is 53.3 Å². The van der Waals surface area contributed by atoms with Crippen LogP contribution in [0.4, 0.5) is 0 Å². The fourth-order valence-electron chi connectivity index (χ4n) is 8.51. The number of benzene rings is 9. The first kappa shape index (κ1) is 31.2. The molecule has 0 N–H and O–H groups in total. The van der Waals surface area contributed by atoms with Crippen molar-refractivity contribution >= 4 is 85.6 Å². The highest BCUT2D eigenvalue weighted by atomic mass is 32.1. The number of hydrogen-bond acceptors (Lipinski definition) is 4. The highest BCUT2D eigenvalue weighted by Gasteiger charge is 2.21. The third-order valence-corrected chi connectivity index (χ3v) is 12.3. The molecule has 0 aliphatic rings. The molecule has 0 saturated carbocycles. The molecule has 12 aromatic rings. The Morgan fingerprint density at radius 3 is 1.46 bits per heavy atom. The molecule has 0 saturated heterocycles. The lowest BCUT2D eigenvalue weighted by atomic mass is 9.99. The van der Waals surface area contributed by atoms with Crippen molar-refractivity contribution in [2.45, 2.75) is 0 Å². The number of rotatable bonds is 4. The average molecular weight is 731 g/mol. The predicted octanol–water partition coefficient (Wildman–Crippen LogP) is 13.8. The molecule has 0 spiro atoms. The van der Waals surface area contributed by atoms with Crippen LogP contribution in [0.1, 0.15) is 0 Å². The molecule has 5 heteroatoms. The van der Waals surface area contributed by atoms with Crippen molar-refractivity contribution in [3.8, 4) is 39.9 Å². The van der Waals surface area contributed by atoms with Gasteiger partial charge in [-0.05, 0) is 74.8 Å². The average Bonchev–Trinajstić information content (AvgIpc) is 3.80. The minimum atomic E-state index is 0.656. The summed E-state index contributed by atoms with van der Waals surface area (Å²) in [6, 6.07) is 65.1. The van der Waals surface area contributed by atoms with Crippen LogP contribution in [0.25, 0.3) is 114 Å². The topological polar surface area (TPSA) is 43.6 Å². The van der Waals surface area contributed by atoms with Crippen LogP contribution in [-0.4, -0.2) is 19.5 Å². The van der Waals surface area contributed by atoms with E-state index in [4.69, 9.17) is 15.0 Å². The van der Waals surface area contributed by atoms with E-state index in [2.05, 4.69) is 150 Å². The van der Waals surface area contributed by atoms with Crippen LogP contribution in [0, 0.1) is 0 Å². The summed E-state index contributed by atoms with van der Waals surface area (Å²) < 4.78 is 4.90. The van der Waals surface area contributed by atoms with Crippen molar-refractivity contribution in [2.24, 2.45) is 0 Å². The normalized spacial score (nSPS) is 11.9. The van der Waals surface area contributed by atoms with Gasteiger partial charge >= 0.3 is 0 Å². The van der Waals surface area contributed by atoms with Gasteiger partial charge in [-0.1, -0.05) is 140 Å². The molecule has 3 aromatic heterocycles. The Kier molecular flexibility index (Phi) is 6.76. The minimum absolute atomic E-state index is 0.656. The molecule has 3 heterocycles. The molecule has 0 fully saturated rings. The van der Waals surface area contributed by atoms with Crippen molar-refractivity contribution in [3.05, 3.63) is 182 Å². The van der Waals surface area contributed by atoms with Crippen LogP contribution in [-0.2, 0) is 0 Å². The first-order valence-corrected chi connectivity index (χ1v) is 19.7. The van der Waals surface area contributed by atoms with E-state index in [0.717, 1.165) is 27.8 Å². The van der Waals surface area contributed by atoms with Crippen molar-refractivity contribution in [2.75, 3.05) is 0 Å². The SMILES string of the molecule is c1ccc(-c2nc(-c3ccccc3)nc(-c3cc4ccccc4c4sc5cc(-n6c7cc8ccccc8cc7c7cc8ccccc8cc76)ccc5c34)n2)cc1. The second-order valence-electron chi connectivity index (χ2n) is 14.4. The minimum Gasteiger partial charge on any atom is -0.309 e. The maximum Gasteiger partial charge on any atom is 0.164 e. The molecule has 0 aliphatic carbocycles. The Morgan fingerprint density at radius 1 is 0.375 bits per heavy atom. The first-order valence-electron chi connectivity index (χ1n) is 18.8. The Labute approximate surface area is 325 Å². The summed E-state index contributed by atoms with van der Waals surface area (Å²) in [4.78, 5) is 15.4. The van der Waals surface area contributed by atoms with Crippen LogP contribution < -0.4 is 0 Å². The van der Waals surface area contributed by atoms with E-state index in [1.807, 2.05) is 47.7 Å². The number of aromatic nitrogens is 4. The van der Waals surface area contributed by atoms with E-state index in [9.17, 15) is 0 Å². The quantitative estimate of drug-likeness (QED) is 0.181. The molecule has 12 rings (SSSR count). The monoisotopic (exact) mass is 730 g/mol. The van der Waals surface area contributed by atoms with Gasteiger partial charge < -0.3 is 4.57 Å². The van der Waals surface area contributed by atoms with E-state index >= 15 is 0 Å². The number of fused-ring (bicyclic) bond motifs is 10. The van der Waals surface area contributed by atoms with Crippen molar-refractivity contribution < 1.29 is 0 Å². The van der Waals surface area contributed by atoms with E-state index in [0.29, 0.717) is 17.5 Å². The third kappa shape index (κ3) is 4.81. The molecule has 4 nitrogen and oxygen atoms in total. The molecule has 56 heavy (non-hydrogen) atoms. The van der Waals surface area contributed by atoms with Gasteiger partial charge in [0.05, 0.1) is 11.0 Å². The van der Waals surface area contributed by atoms with Crippen molar-refractivity contribution in [1.29, 1.82) is 0 Å². The third-order valence-electron chi connectivity index (χ3n) is 11.1. The molecule has 0 bridgehead atoms. The molecular weight excluding hydrogens is 701 g/mol. The smallest absolute Gasteiger partial charge is 0.164 e. The maximum absolute atomic E-state index is 5.20. The summed E-state index contributed by atoms with van der Waals surface area (Å²) in [6.45, 7) is 0.